The summed E-state index contributed by atoms with van der Waals surface area (Å²) in [5, 5.41) is 1.54. The van der Waals surface area contributed by atoms with Crippen LogP contribution in [0.15, 0.2) is 11.0 Å². The van der Waals surface area contributed by atoms with Crippen molar-refractivity contribution in [3.05, 3.63) is 11.0 Å². The van der Waals surface area contributed by atoms with Crippen LogP contribution in [0.1, 0.15) is 13.8 Å². The van der Waals surface area contributed by atoms with Gasteiger partial charge >= 0.3 is 0 Å². The zero-order valence-electron chi connectivity index (χ0n) is 6.29. The van der Waals surface area contributed by atoms with E-state index in [2.05, 4.69) is 0 Å². The van der Waals surface area contributed by atoms with Crippen molar-refractivity contribution in [2.45, 2.75) is 19.1 Å². The normalized spacial score (nSPS) is 23.1. The molecule has 0 aliphatic carbocycles. The quantitative estimate of drug-likeness (QED) is 0.619. The first kappa shape index (κ1) is 8.87. The Morgan fingerprint density at radius 3 is 2.45 bits per heavy atom. The maximum Gasteiger partial charge on any atom is 0.157 e. The number of carbonyl (C=O) groups excluding carboxylic acids is 2. The van der Waals surface area contributed by atoms with Gasteiger partial charge in [0.2, 0.25) is 0 Å². The lowest BCUT2D eigenvalue weighted by atomic mass is 10.1. The Morgan fingerprint density at radius 1 is 1.45 bits per heavy atom. The van der Waals surface area contributed by atoms with E-state index in [9.17, 15) is 9.59 Å². The Morgan fingerprint density at radius 2 is 2.09 bits per heavy atom. The minimum absolute atomic E-state index is 0.00250. The highest BCUT2D eigenvalue weighted by Crippen LogP contribution is 2.41. The molecular weight excluding hydrogens is 180 g/mol. The second-order valence-electron chi connectivity index (χ2n) is 2.31. The van der Waals surface area contributed by atoms with Gasteiger partial charge in [-0.2, -0.15) is 0 Å². The summed E-state index contributed by atoms with van der Waals surface area (Å²) >= 11 is 0. The molecule has 0 aromatic carbocycles. The SMILES string of the molecule is CC(=O)C1=CSSC1C(C)=O. The molecule has 0 saturated heterocycles. The largest absolute Gasteiger partial charge is 0.298 e. The Hall–Kier alpha value is -0.220. The summed E-state index contributed by atoms with van der Waals surface area (Å²) in [6, 6.07) is 0. The lowest BCUT2D eigenvalue weighted by molar-refractivity contribution is -0.118. The number of Topliss-reactive ketones (excluding diaryl/α,β-unsaturated/α-hetero) is 2. The Kier molecular flexibility index (Phi) is 2.78. The van der Waals surface area contributed by atoms with E-state index in [0.717, 1.165) is 0 Å². The van der Waals surface area contributed by atoms with Crippen molar-refractivity contribution in [1.29, 1.82) is 0 Å². The molecule has 1 aliphatic rings. The van der Waals surface area contributed by atoms with Crippen molar-refractivity contribution in [2.75, 3.05) is 0 Å². The van der Waals surface area contributed by atoms with E-state index >= 15 is 0 Å². The Balaban J connectivity index is 2.79. The van der Waals surface area contributed by atoms with Crippen LogP contribution < -0.4 is 0 Å². The molecule has 4 heteroatoms. The van der Waals surface area contributed by atoms with Crippen molar-refractivity contribution >= 4 is 33.2 Å². The standard InChI is InChI=1S/C7H8O2S2/c1-4(8)6-3-10-11-7(6)5(2)9/h3,7H,1-2H3. The highest BCUT2D eigenvalue weighted by molar-refractivity contribution is 8.78. The Labute approximate surface area is 73.2 Å². The van der Waals surface area contributed by atoms with E-state index in [1.54, 1.807) is 5.41 Å². The van der Waals surface area contributed by atoms with Gasteiger partial charge in [0.05, 0.1) is 0 Å². The molecule has 1 atom stereocenters. The second-order valence-corrected chi connectivity index (χ2v) is 4.56. The molecule has 0 amide bonds. The molecule has 0 saturated carbocycles. The van der Waals surface area contributed by atoms with Gasteiger partial charge in [0.25, 0.3) is 0 Å². The van der Waals surface area contributed by atoms with E-state index in [1.165, 1.54) is 35.4 Å². The summed E-state index contributed by atoms with van der Waals surface area (Å²) in [6.07, 6.45) is 0. The van der Waals surface area contributed by atoms with Gasteiger partial charge < -0.3 is 0 Å². The topological polar surface area (TPSA) is 34.1 Å². The summed E-state index contributed by atoms with van der Waals surface area (Å²) < 4.78 is 0. The monoisotopic (exact) mass is 188 g/mol. The molecule has 11 heavy (non-hydrogen) atoms. The van der Waals surface area contributed by atoms with E-state index in [1.807, 2.05) is 0 Å². The molecule has 0 aromatic rings. The summed E-state index contributed by atoms with van der Waals surface area (Å²) in [5.41, 5.74) is 0.646. The molecule has 1 unspecified atom stereocenters. The van der Waals surface area contributed by atoms with Crippen molar-refractivity contribution in [3.8, 4) is 0 Å². The van der Waals surface area contributed by atoms with Crippen molar-refractivity contribution < 1.29 is 9.59 Å². The average molecular weight is 188 g/mol. The van der Waals surface area contributed by atoms with Gasteiger partial charge in [-0.25, -0.2) is 0 Å². The van der Waals surface area contributed by atoms with Crippen molar-refractivity contribution in [1.82, 2.24) is 0 Å². The first-order valence-electron chi connectivity index (χ1n) is 3.16. The number of carbonyl (C=O) groups is 2. The molecule has 2 nitrogen and oxygen atoms in total. The molecule has 0 fully saturated rings. The number of hydrogen-bond donors (Lipinski definition) is 0. The van der Waals surface area contributed by atoms with Crippen LogP contribution in [0, 0.1) is 0 Å². The van der Waals surface area contributed by atoms with E-state index in [4.69, 9.17) is 0 Å². The van der Waals surface area contributed by atoms with Gasteiger partial charge in [-0.3, -0.25) is 9.59 Å². The fourth-order valence-corrected chi connectivity index (χ4v) is 3.46. The average Bonchev–Trinajstić information content (AvgIpc) is 2.32. The first-order chi connectivity index (χ1) is 5.13. The third kappa shape index (κ3) is 1.87. The zero-order valence-corrected chi connectivity index (χ0v) is 7.92. The zero-order chi connectivity index (χ0) is 8.43. The van der Waals surface area contributed by atoms with Gasteiger partial charge in [-0.05, 0) is 19.3 Å². The third-order valence-electron chi connectivity index (χ3n) is 1.39. The molecule has 0 radical (unpaired) electrons. The number of hydrogen-bond acceptors (Lipinski definition) is 4. The van der Waals surface area contributed by atoms with Gasteiger partial charge in [-0.1, -0.05) is 21.6 Å². The third-order valence-corrected chi connectivity index (χ3v) is 3.82. The van der Waals surface area contributed by atoms with Crippen LogP contribution >= 0.6 is 21.6 Å². The second kappa shape index (κ2) is 3.45. The summed E-state index contributed by atoms with van der Waals surface area (Å²) in [6.45, 7) is 3.01. The van der Waals surface area contributed by atoms with Gasteiger partial charge in [-0.15, -0.1) is 0 Å². The van der Waals surface area contributed by atoms with Gasteiger partial charge in [0.15, 0.2) is 5.78 Å². The molecule has 1 heterocycles. The predicted molar refractivity (Wildman–Crippen MR) is 48.4 cm³/mol. The van der Waals surface area contributed by atoms with Crippen molar-refractivity contribution in [2.24, 2.45) is 0 Å². The van der Waals surface area contributed by atoms with Crippen LogP contribution in [0.4, 0.5) is 0 Å². The Bertz CT molecular complexity index is 233. The highest BCUT2D eigenvalue weighted by atomic mass is 33.1. The van der Waals surface area contributed by atoms with Crippen LogP contribution in [0.25, 0.3) is 0 Å². The fraction of sp³-hybridized carbons (Fsp3) is 0.429. The van der Waals surface area contributed by atoms with Gasteiger partial charge in [0, 0.05) is 5.57 Å². The van der Waals surface area contributed by atoms with Crippen molar-refractivity contribution in [3.63, 3.8) is 0 Å². The molecular formula is C7H8O2S2. The van der Waals surface area contributed by atoms with Gasteiger partial charge in [0.1, 0.15) is 11.0 Å². The molecule has 1 aliphatic heterocycles. The van der Waals surface area contributed by atoms with Crippen LogP contribution in [-0.4, -0.2) is 16.8 Å². The molecule has 0 spiro atoms. The summed E-state index contributed by atoms with van der Waals surface area (Å²) in [5.74, 6) is 0.0594. The number of rotatable bonds is 2. The van der Waals surface area contributed by atoms with Crippen LogP contribution in [0.3, 0.4) is 0 Å². The minimum atomic E-state index is -0.225. The molecule has 0 aromatic heterocycles. The lowest BCUT2D eigenvalue weighted by Crippen LogP contribution is -2.17. The summed E-state index contributed by atoms with van der Waals surface area (Å²) in [7, 11) is 2.90. The maximum atomic E-state index is 10.9. The van der Waals surface area contributed by atoms with Crippen LogP contribution in [-0.2, 0) is 9.59 Å². The van der Waals surface area contributed by atoms with E-state index < -0.39 is 0 Å². The molecule has 0 bridgehead atoms. The molecule has 1 rings (SSSR count). The fourth-order valence-electron chi connectivity index (χ4n) is 0.803. The maximum absolute atomic E-state index is 10.9. The van der Waals surface area contributed by atoms with E-state index in [-0.39, 0.29) is 16.8 Å². The minimum Gasteiger partial charge on any atom is -0.298 e. The predicted octanol–water partition coefficient (Wildman–Crippen LogP) is 1.81. The summed E-state index contributed by atoms with van der Waals surface area (Å²) in [4.78, 5) is 21.8. The number of ketones is 2. The highest BCUT2D eigenvalue weighted by Gasteiger charge is 2.27. The molecule has 0 N–H and O–H groups in total. The first-order valence-corrected chi connectivity index (χ1v) is 5.44. The van der Waals surface area contributed by atoms with E-state index in [0.29, 0.717) is 5.57 Å². The van der Waals surface area contributed by atoms with Crippen LogP contribution in [0.2, 0.25) is 0 Å². The smallest absolute Gasteiger partial charge is 0.157 e. The molecule has 60 valence electrons. The lowest BCUT2D eigenvalue weighted by Gasteiger charge is -2.04. The van der Waals surface area contributed by atoms with Crippen LogP contribution in [0.5, 0.6) is 0 Å².